The topological polar surface area (TPSA) is 12.0 Å². The summed E-state index contributed by atoms with van der Waals surface area (Å²) < 4.78 is 23.0. The SMILES string of the molecule is FC(F)=C[C@@H]1CCNC1. The predicted octanol–water partition coefficient (Wildman–Crippen LogP) is 1.38. The third-order valence-electron chi connectivity index (χ3n) is 1.46. The van der Waals surface area contributed by atoms with Crippen molar-refractivity contribution in [2.45, 2.75) is 6.42 Å². The normalized spacial score (nSPS) is 26.2. The molecule has 0 aromatic carbocycles. The summed E-state index contributed by atoms with van der Waals surface area (Å²) in [6.07, 6.45) is 0.320. The van der Waals surface area contributed by atoms with Gasteiger partial charge in [-0.25, -0.2) is 0 Å². The summed E-state index contributed by atoms with van der Waals surface area (Å²) in [6, 6.07) is 0. The van der Waals surface area contributed by atoms with Gasteiger partial charge in [0.15, 0.2) is 0 Å². The lowest BCUT2D eigenvalue weighted by molar-refractivity contribution is 0.410. The predicted molar refractivity (Wildman–Crippen MR) is 31.3 cm³/mol. The molecule has 0 amide bonds. The minimum atomic E-state index is -1.55. The zero-order valence-electron chi connectivity index (χ0n) is 5.03. The van der Waals surface area contributed by atoms with Crippen molar-refractivity contribution in [3.05, 3.63) is 12.2 Å². The molecule has 3 heteroatoms. The molecule has 1 nitrogen and oxygen atoms in total. The fourth-order valence-electron chi connectivity index (χ4n) is 0.997. The highest BCUT2D eigenvalue weighted by Crippen LogP contribution is 2.12. The minimum Gasteiger partial charge on any atom is -0.316 e. The quantitative estimate of drug-likeness (QED) is 0.569. The van der Waals surface area contributed by atoms with Crippen LogP contribution in [0.1, 0.15) is 6.42 Å². The first kappa shape index (κ1) is 6.68. The van der Waals surface area contributed by atoms with Gasteiger partial charge in [0.25, 0.3) is 6.08 Å². The molecule has 1 aliphatic heterocycles. The molecule has 52 valence electrons. The zero-order chi connectivity index (χ0) is 6.69. The van der Waals surface area contributed by atoms with Crippen molar-refractivity contribution in [2.24, 2.45) is 5.92 Å². The molecule has 0 unspecified atom stereocenters. The van der Waals surface area contributed by atoms with Gasteiger partial charge in [0.2, 0.25) is 0 Å². The summed E-state index contributed by atoms with van der Waals surface area (Å²) in [6.45, 7) is 1.58. The standard InChI is InChI=1S/C6H9F2N/c7-6(8)3-5-1-2-9-4-5/h3,5,9H,1-2,4H2/t5-/m0/s1. The smallest absolute Gasteiger partial charge is 0.266 e. The van der Waals surface area contributed by atoms with Crippen LogP contribution in [0.25, 0.3) is 0 Å². The lowest BCUT2D eigenvalue weighted by atomic mass is 10.1. The Morgan fingerprint density at radius 2 is 2.33 bits per heavy atom. The van der Waals surface area contributed by atoms with Crippen molar-refractivity contribution in [1.29, 1.82) is 0 Å². The van der Waals surface area contributed by atoms with Crippen LogP contribution < -0.4 is 5.32 Å². The van der Waals surface area contributed by atoms with Crippen LogP contribution in [-0.4, -0.2) is 13.1 Å². The van der Waals surface area contributed by atoms with E-state index in [9.17, 15) is 8.78 Å². The Kier molecular flexibility index (Phi) is 2.16. The van der Waals surface area contributed by atoms with Crippen molar-refractivity contribution >= 4 is 0 Å². The molecule has 0 radical (unpaired) electrons. The fourth-order valence-corrected chi connectivity index (χ4v) is 0.997. The van der Waals surface area contributed by atoms with E-state index in [1.54, 1.807) is 0 Å². The van der Waals surface area contributed by atoms with E-state index in [2.05, 4.69) is 5.32 Å². The Hall–Kier alpha value is -0.440. The lowest BCUT2D eigenvalue weighted by Gasteiger charge is -1.95. The van der Waals surface area contributed by atoms with Gasteiger partial charge in [0, 0.05) is 6.54 Å². The van der Waals surface area contributed by atoms with Gasteiger partial charge in [-0.05, 0) is 25.0 Å². The first-order valence-electron chi connectivity index (χ1n) is 3.02. The molecule has 1 saturated heterocycles. The van der Waals surface area contributed by atoms with Crippen molar-refractivity contribution in [3.8, 4) is 0 Å². The van der Waals surface area contributed by atoms with Crippen molar-refractivity contribution < 1.29 is 8.78 Å². The summed E-state index contributed by atoms with van der Waals surface area (Å²) in [5, 5.41) is 3.00. The molecule has 0 aromatic heterocycles. The summed E-state index contributed by atoms with van der Waals surface area (Å²) in [5.74, 6) is 0.0648. The second kappa shape index (κ2) is 2.92. The average molecular weight is 133 g/mol. The summed E-state index contributed by atoms with van der Waals surface area (Å²) >= 11 is 0. The van der Waals surface area contributed by atoms with E-state index >= 15 is 0 Å². The molecule has 1 fully saturated rings. The molecule has 0 spiro atoms. The first-order valence-corrected chi connectivity index (χ1v) is 3.02. The molecule has 1 rings (SSSR count). The van der Waals surface area contributed by atoms with Crippen molar-refractivity contribution in [1.82, 2.24) is 5.32 Å². The molecule has 1 atom stereocenters. The second-order valence-corrected chi connectivity index (χ2v) is 2.21. The highest BCUT2D eigenvalue weighted by molar-refractivity contribution is 4.92. The fraction of sp³-hybridized carbons (Fsp3) is 0.667. The van der Waals surface area contributed by atoms with Gasteiger partial charge in [-0.2, -0.15) is 8.78 Å². The number of rotatable bonds is 1. The Morgan fingerprint density at radius 1 is 1.56 bits per heavy atom. The van der Waals surface area contributed by atoms with Gasteiger partial charge in [0.1, 0.15) is 0 Å². The van der Waals surface area contributed by atoms with Gasteiger partial charge in [-0.1, -0.05) is 0 Å². The van der Waals surface area contributed by atoms with Gasteiger partial charge in [-0.3, -0.25) is 0 Å². The van der Waals surface area contributed by atoms with Crippen LogP contribution in [0.2, 0.25) is 0 Å². The molecule has 0 aliphatic carbocycles. The number of hydrogen-bond donors (Lipinski definition) is 1. The van der Waals surface area contributed by atoms with Crippen LogP contribution >= 0.6 is 0 Å². The van der Waals surface area contributed by atoms with E-state index in [1.165, 1.54) is 0 Å². The molecular weight excluding hydrogens is 124 g/mol. The number of hydrogen-bond acceptors (Lipinski definition) is 1. The number of nitrogens with one attached hydrogen (secondary N) is 1. The second-order valence-electron chi connectivity index (χ2n) is 2.21. The van der Waals surface area contributed by atoms with Crippen LogP contribution in [0.15, 0.2) is 12.2 Å². The highest BCUT2D eigenvalue weighted by atomic mass is 19.3. The van der Waals surface area contributed by atoms with Crippen LogP contribution in [0.5, 0.6) is 0 Å². The maximum absolute atomic E-state index is 11.5. The summed E-state index contributed by atoms with van der Waals surface area (Å²) in [4.78, 5) is 0. The minimum absolute atomic E-state index is 0.0648. The maximum atomic E-state index is 11.5. The van der Waals surface area contributed by atoms with E-state index in [0.717, 1.165) is 19.0 Å². The Bertz CT molecular complexity index is 112. The zero-order valence-corrected chi connectivity index (χ0v) is 5.03. The van der Waals surface area contributed by atoms with E-state index in [1.807, 2.05) is 0 Å². The largest absolute Gasteiger partial charge is 0.316 e. The van der Waals surface area contributed by atoms with Gasteiger partial charge in [-0.15, -0.1) is 0 Å². The van der Waals surface area contributed by atoms with E-state index in [0.29, 0.717) is 6.54 Å². The lowest BCUT2D eigenvalue weighted by Crippen LogP contribution is -2.07. The molecule has 1 aliphatic rings. The molecule has 1 heterocycles. The Balaban J connectivity index is 2.35. The van der Waals surface area contributed by atoms with Crippen LogP contribution in [-0.2, 0) is 0 Å². The van der Waals surface area contributed by atoms with Crippen LogP contribution in [0.4, 0.5) is 8.78 Å². The monoisotopic (exact) mass is 133 g/mol. The molecule has 0 bridgehead atoms. The van der Waals surface area contributed by atoms with E-state index < -0.39 is 6.08 Å². The average Bonchev–Trinajstić information content (AvgIpc) is 2.15. The van der Waals surface area contributed by atoms with Gasteiger partial charge < -0.3 is 5.32 Å². The Morgan fingerprint density at radius 3 is 2.78 bits per heavy atom. The van der Waals surface area contributed by atoms with Gasteiger partial charge >= 0.3 is 0 Å². The molecule has 1 N–H and O–H groups in total. The highest BCUT2D eigenvalue weighted by Gasteiger charge is 2.12. The van der Waals surface area contributed by atoms with Crippen molar-refractivity contribution in [2.75, 3.05) is 13.1 Å². The number of halogens is 2. The Labute approximate surface area is 52.7 Å². The maximum Gasteiger partial charge on any atom is 0.266 e. The molecule has 9 heavy (non-hydrogen) atoms. The van der Waals surface area contributed by atoms with Crippen LogP contribution in [0.3, 0.4) is 0 Å². The molecule has 0 aromatic rings. The van der Waals surface area contributed by atoms with E-state index in [4.69, 9.17) is 0 Å². The van der Waals surface area contributed by atoms with E-state index in [-0.39, 0.29) is 5.92 Å². The van der Waals surface area contributed by atoms with Gasteiger partial charge in [0.05, 0.1) is 0 Å². The summed E-state index contributed by atoms with van der Waals surface area (Å²) in [5.41, 5.74) is 0. The first-order chi connectivity index (χ1) is 4.29. The third kappa shape index (κ3) is 2.10. The summed E-state index contributed by atoms with van der Waals surface area (Å²) in [7, 11) is 0. The third-order valence-corrected chi connectivity index (χ3v) is 1.46. The molecular formula is C6H9F2N. The molecule has 0 saturated carbocycles. The van der Waals surface area contributed by atoms with Crippen molar-refractivity contribution in [3.63, 3.8) is 0 Å². The van der Waals surface area contributed by atoms with Crippen LogP contribution in [0, 0.1) is 5.92 Å².